The van der Waals surface area contributed by atoms with Crippen LogP contribution in [0, 0.1) is 0 Å². The molecule has 5 nitrogen and oxygen atoms in total. The van der Waals surface area contributed by atoms with Crippen LogP contribution < -0.4 is 15.8 Å². The van der Waals surface area contributed by atoms with Gasteiger partial charge in [-0.2, -0.15) is 0 Å². The Labute approximate surface area is 145 Å². The number of rotatable bonds is 9. The van der Waals surface area contributed by atoms with Gasteiger partial charge in [-0.3, -0.25) is 0 Å². The van der Waals surface area contributed by atoms with Gasteiger partial charge < -0.3 is 20.5 Å². The number of ether oxygens (including phenoxy) is 2. The Balaban J connectivity index is 1.69. The van der Waals surface area contributed by atoms with E-state index in [0.29, 0.717) is 18.6 Å². The lowest BCUT2D eigenvalue weighted by molar-refractivity contribution is 0.145. The third-order valence-electron chi connectivity index (χ3n) is 4.19. The van der Waals surface area contributed by atoms with Gasteiger partial charge in [-0.15, -0.1) is 0 Å². The lowest BCUT2D eigenvalue weighted by Gasteiger charge is -2.23. The molecule has 0 amide bonds. The van der Waals surface area contributed by atoms with Crippen molar-refractivity contribution in [3.8, 4) is 5.75 Å². The molecule has 1 aliphatic carbocycles. The van der Waals surface area contributed by atoms with Crippen molar-refractivity contribution in [1.82, 2.24) is 5.32 Å². The highest BCUT2D eigenvalue weighted by Crippen LogP contribution is 2.23. The van der Waals surface area contributed by atoms with Crippen molar-refractivity contribution in [2.24, 2.45) is 10.7 Å². The van der Waals surface area contributed by atoms with Gasteiger partial charge in [-0.25, -0.2) is 4.99 Å². The van der Waals surface area contributed by atoms with Gasteiger partial charge in [0.1, 0.15) is 5.75 Å². The molecule has 0 atom stereocenters. The molecule has 5 heteroatoms. The molecule has 3 N–H and O–H groups in total. The van der Waals surface area contributed by atoms with Crippen molar-refractivity contribution in [3.05, 3.63) is 29.8 Å². The van der Waals surface area contributed by atoms with E-state index in [0.717, 1.165) is 37.5 Å². The van der Waals surface area contributed by atoms with Crippen molar-refractivity contribution < 1.29 is 9.47 Å². The highest BCUT2D eigenvalue weighted by Gasteiger charge is 2.14. The Morgan fingerprint density at radius 2 is 1.96 bits per heavy atom. The number of nitrogens with two attached hydrogens (primary N) is 1. The molecule has 24 heavy (non-hydrogen) atoms. The Morgan fingerprint density at radius 3 is 2.67 bits per heavy atom. The van der Waals surface area contributed by atoms with Crippen molar-refractivity contribution in [1.29, 1.82) is 0 Å². The minimum atomic E-state index is 0.388. The molecule has 1 aromatic rings. The molecule has 1 aliphatic rings. The number of nitrogens with one attached hydrogen (secondary N) is 1. The SMILES string of the molecule is CCOCCCNC(N)=NCc1ccc(OC2CCCCC2)cc1. The molecular formula is C19H31N3O2. The standard InChI is InChI=1S/C19H31N3O2/c1-2-23-14-6-13-21-19(20)22-15-16-9-11-18(12-10-16)24-17-7-4-3-5-8-17/h9-12,17H,2-8,13-15H2,1H3,(H3,20,21,22). The summed E-state index contributed by atoms with van der Waals surface area (Å²) in [6.07, 6.45) is 7.59. The summed E-state index contributed by atoms with van der Waals surface area (Å²) in [6.45, 7) is 4.86. The summed E-state index contributed by atoms with van der Waals surface area (Å²) in [5.41, 5.74) is 6.99. The summed E-state index contributed by atoms with van der Waals surface area (Å²) in [6, 6.07) is 8.18. The zero-order valence-electron chi connectivity index (χ0n) is 14.8. The van der Waals surface area contributed by atoms with E-state index in [4.69, 9.17) is 15.2 Å². The van der Waals surface area contributed by atoms with Gasteiger partial charge in [-0.05, 0) is 56.7 Å². The largest absolute Gasteiger partial charge is 0.490 e. The van der Waals surface area contributed by atoms with Crippen molar-refractivity contribution in [3.63, 3.8) is 0 Å². The molecule has 134 valence electrons. The molecular weight excluding hydrogens is 302 g/mol. The van der Waals surface area contributed by atoms with Gasteiger partial charge in [0.05, 0.1) is 12.6 Å². The van der Waals surface area contributed by atoms with E-state index in [-0.39, 0.29) is 0 Å². The van der Waals surface area contributed by atoms with Crippen LogP contribution in [0.4, 0.5) is 0 Å². The van der Waals surface area contributed by atoms with E-state index in [2.05, 4.69) is 22.4 Å². The molecule has 1 saturated carbocycles. The predicted octanol–water partition coefficient (Wildman–Crippen LogP) is 3.23. The molecule has 0 aromatic heterocycles. The summed E-state index contributed by atoms with van der Waals surface area (Å²) in [7, 11) is 0. The molecule has 0 saturated heterocycles. The summed E-state index contributed by atoms with van der Waals surface area (Å²) < 4.78 is 11.3. The molecule has 0 heterocycles. The maximum Gasteiger partial charge on any atom is 0.188 e. The quantitative estimate of drug-likeness (QED) is 0.413. The first-order chi connectivity index (χ1) is 11.8. The van der Waals surface area contributed by atoms with Crippen molar-refractivity contribution in [2.75, 3.05) is 19.8 Å². The van der Waals surface area contributed by atoms with Crippen LogP contribution in [0.15, 0.2) is 29.3 Å². The zero-order valence-corrected chi connectivity index (χ0v) is 14.8. The van der Waals surface area contributed by atoms with Crippen molar-refractivity contribution >= 4 is 5.96 Å². The van der Waals surface area contributed by atoms with Crippen LogP contribution in [-0.4, -0.2) is 31.8 Å². The normalized spacial score (nSPS) is 16.1. The fraction of sp³-hybridized carbons (Fsp3) is 0.632. The summed E-state index contributed by atoms with van der Waals surface area (Å²) in [5, 5.41) is 3.10. The second-order valence-electron chi connectivity index (χ2n) is 6.20. The summed E-state index contributed by atoms with van der Waals surface area (Å²) in [4.78, 5) is 4.36. The van der Waals surface area contributed by atoms with E-state index >= 15 is 0 Å². The highest BCUT2D eigenvalue weighted by molar-refractivity contribution is 5.77. The van der Waals surface area contributed by atoms with Crippen LogP contribution >= 0.6 is 0 Å². The fourth-order valence-electron chi connectivity index (χ4n) is 2.82. The van der Waals surface area contributed by atoms with Crippen molar-refractivity contribution in [2.45, 2.75) is 58.1 Å². The van der Waals surface area contributed by atoms with E-state index in [1.165, 1.54) is 32.1 Å². The maximum atomic E-state index is 6.04. The first-order valence-electron chi connectivity index (χ1n) is 9.15. The number of benzene rings is 1. The topological polar surface area (TPSA) is 68.9 Å². The summed E-state index contributed by atoms with van der Waals surface area (Å²) in [5.74, 6) is 1.44. The smallest absolute Gasteiger partial charge is 0.188 e. The first kappa shape index (κ1) is 18.6. The highest BCUT2D eigenvalue weighted by atomic mass is 16.5. The van der Waals surface area contributed by atoms with Gasteiger partial charge in [0.2, 0.25) is 0 Å². The molecule has 0 bridgehead atoms. The Morgan fingerprint density at radius 1 is 1.21 bits per heavy atom. The number of hydrogen-bond acceptors (Lipinski definition) is 3. The van der Waals surface area contributed by atoms with Gasteiger partial charge in [-0.1, -0.05) is 18.6 Å². The molecule has 0 spiro atoms. The van der Waals surface area contributed by atoms with E-state index in [9.17, 15) is 0 Å². The number of aliphatic imine (C=N–C) groups is 1. The Bertz CT molecular complexity index is 482. The number of guanidine groups is 1. The lowest BCUT2D eigenvalue weighted by atomic mass is 9.98. The average Bonchev–Trinajstić information content (AvgIpc) is 2.62. The van der Waals surface area contributed by atoms with Gasteiger partial charge in [0, 0.05) is 19.8 Å². The van der Waals surface area contributed by atoms with E-state index in [1.807, 2.05) is 19.1 Å². The monoisotopic (exact) mass is 333 g/mol. The minimum absolute atomic E-state index is 0.388. The van der Waals surface area contributed by atoms with Crippen LogP contribution in [-0.2, 0) is 11.3 Å². The van der Waals surface area contributed by atoms with Crippen LogP contribution in [0.1, 0.15) is 51.0 Å². The van der Waals surface area contributed by atoms with Gasteiger partial charge in [0.15, 0.2) is 5.96 Å². The Hall–Kier alpha value is -1.75. The second-order valence-corrected chi connectivity index (χ2v) is 6.20. The van der Waals surface area contributed by atoms with Gasteiger partial charge in [0.25, 0.3) is 0 Å². The molecule has 0 aliphatic heterocycles. The zero-order chi connectivity index (χ0) is 17.0. The third-order valence-corrected chi connectivity index (χ3v) is 4.19. The minimum Gasteiger partial charge on any atom is -0.490 e. The summed E-state index contributed by atoms with van der Waals surface area (Å²) >= 11 is 0. The lowest BCUT2D eigenvalue weighted by Crippen LogP contribution is -2.32. The fourth-order valence-corrected chi connectivity index (χ4v) is 2.82. The third kappa shape index (κ3) is 7.21. The van der Waals surface area contributed by atoms with Crippen LogP contribution in [0.2, 0.25) is 0 Å². The second kappa shape index (κ2) is 10.9. The molecule has 2 rings (SSSR count). The number of hydrogen-bond donors (Lipinski definition) is 2. The van der Waals surface area contributed by atoms with E-state index in [1.54, 1.807) is 0 Å². The molecule has 1 fully saturated rings. The van der Waals surface area contributed by atoms with E-state index < -0.39 is 0 Å². The number of nitrogens with zero attached hydrogens (tertiary/aromatic N) is 1. The molecule has 0 unspecified atom stereocenters. The molecule has 1 aromatic carbocycles. The average molecular weight is 333 g/mol. The van der Waals surface area contributed by atoms with Crippen LogP contribution in [0.25, 0.3) is 0 Å². The van der Waals surface area contributed by atoms with Gasteiger partial charge >= 0.3 is 0 Å². The predicted molar refractivity (Wildman–Crippen MR) is 98.4 cm³/mol. The first-order valence-corrected chi connectivity index (χ1v) is 9.15. The van der Waals surface area contributed by atoms with Crippen LogP contribution in [0.3, 0.4) is 0 Å². The molecule has 0 radical (unpaired) electrons. The maximum absolute atomic E-state index is 6.04. The Kier molecular flexibility index (Phi) is 8.46. The van der Waals surface area contributed by atoms with Crippen LogP contribution in [0.5, 0.6) is 5.75 Å².